The Balaban J connectivity index is 1.53. The van der Waals surface area contributed by atoms with E-state index in [1.807, 2.05) is 30.5 Å². The number of aromatic nitrogens is 4. The van der Waals surface area contributed by atoms with Crippen molar-refractivity contribution in [3.8, 4) is 11.6 Å². The average molecular weight is 351 g/mol. The summed E-state index contributed by atoms with van der Waals surface area (Å²) >= 11 is 0. The molecule has 1 saturated heterocycles. The summed E-state index contributed by atoms with van der Waals surface area (Å²) in [7, 11) is 1.70. The molecule has 3 heterocycles. The summed E-state index contributed by atoms with van der Waals surface area (Å²) in [6.45, 7) is 3.36. The fourth-order valence-electron chi connectivity index (χ4n) is 3.26. The van der Waals surface area contributed by atoms with Crippen LogP contribution < -0.4 is 20.3 Å². The van der Waals surface area contributed by atoms with Crippen molar-refractivity contribution in [1.29, 1.82) is 0 Å². The van der Waals surface area contributed by atoms with E-state index >= 15 is 0 Å². The molecule has 3 aromatic rings. The zero-order chi connectivity index (χ0) is 17.9. The Morgan fingerprint density at radius 2 is 1.69 bits per heavy atom. The van der Waals surface area contributed by atoms with Gasteiger partial charge in [0.15, 0.2) is 11.6 Å². The van der Waals surface area contributed by atoms with Gasteiger partial charge in [0, 0.05) is 38.6 Å². The van der Waals surface area contributed by atoms with Crippen LogP contribution in [-0.2, 0) is 0 Å². The number of para-hydroxylation sites is 2. The smallest absolute Gasteiger partial charge is 0.181 e. The van der Waals surface area contributed by atoms with Crippen molar-refractivity contribution in [2.24, 2.45) is 0 Å². The lowest BCUT2D eigenvalue weighted by Crippen LogP contribution is -2.47. The molecule has 0 bridgehead atoms. The number of hydrogen-bond acceptors (Lipinski definition) is 7. The predicted molar refractivity (Wildman–Crippen MR) is 101 cm³/mol. The van der Waals surface area contributed by atoms with Gasteiger partial charge in [0.05, 0.1) is 12.8 Å². The Morgan fingerprint density at radius 1 is 0.962 bits per heavy atom. The number of rotatable bonds is 4. The number of nitrogens with two attached hydrogens (primary N) is 1. The van der Waals surface area contributed by atoms with Crippen molar-refractivity contribution >= 4 is 17.2 Å². The Labute approximate surface area is 151 Å². The maximum atomic E-state index is 6.34. The first-order valence-corrected chi connectivity index (χ1v) is 8.51. The quantitative estimate of drug-likeness (QED) is 0.764. The number of nitrogens with zero attached hydrogens (tertiary/aromatic N) is 6. The highest BCUT2D eigenvalue weighted by atomic mass is 16.5. The fraction of sp³-hybridized carbons (Fsp3) is 0.278. The molecule has 1 aromatic carbocycles. The topological polar surface area (TPSA) is 85.3 Å². The van der Waals surface area contributed by atoms with Crippen molar-refractivity contribution in [2.75, 3.05) is 48.8 Å². The second-order valence-electron chi connectivity index (χ2n) is 6.03. The number of methoxy groups -OCH3 is 1. The molecule has 8 heteroatoms. The van der Waals surface area contributed by atoms with Crippen LogP contribution in [0.25, 0.3) is 5.82 Å². The third-order valence-corrected chi connectivity index (χ3v) is 4.57. The Hall–Kier alpha value is -3.29. The molecule has 4 rings (SSSR count). The van der Waals surface area contributed by atoms with Crippen molar-refractivity contribution in [3.63, 3.8) is 0 Å². The Morgan fingerprint density at radius 3 is 2.42 bits per heavy atom. The van der Waals surface area contributed by atoms with Gasteiger partial charge in [-0.05, 0) is 18.2 Å². The Kier molecular flexibility index (Phi) is 4.30. The maximum Gasteiger partial charge on any atom is 0.181 e. The number of benzene rings is 1. The van der Waals surface area contributed by atoms with E-state index in [1.165, 1.54) is 6.33 Å². The fourth-order valence-corrected chi connectivity index (χ4v) is 3.26. The van der Waals surface area contributed by atoms with Crippen LogP contribution in [-0.4, -0.2) is 53.0 Å². The molecule has 1 fully saturated rings. The van der Waals surface area contributed by atoms with E-state index in [4.69, 9.17) is 10.5 Å². The number of hydrogen-bond donors (Lipinski definition) is 1. The lowest BCUT2D eigenvalue weighted by atomic mass is 10.2. The Bertz CT molecular complexity index is 873. The number of nitrogen functional groups attached to an aromatic ring is 1. The van der Waals surface area contributed by atoms with Crippen LogP contribution in [0.3, 0.4) is 0 Å². The maximum absolute atomic E-state index is 6.34. The van der Waals surface area contributed by atoms with Gasteiger partial charge in [-0.2, -0.15) is 5.10 Å². The molecule has 0 spiro atoms. The molecule has 8 nitrogen and oxygen atoms in total. The van der Waals surface area contributed by atoms with E-state index < -0.39 is 0 Å². The van der Waals surface area contributed by atoms with Crippen LogP contribution in [0.15, 0.2) is 49.1 Å². The molecule has 2 N–H and O–H groups in total. The zero-order valence-electron chi connectivity index (χ0n) is 14.6. The van der Waals surface area contributed by atoms with Crippen LogP contribution in [0.5, 0.6) is 5.75 Å². The number of ether oxygens (including phenoxy) is 1. The molecule has 0 radical (unpaired) electrons. The summed E-state index contributed by atoms with van der Waals surface area (Å²) < 4.78 is 7.14. The molecule has 0 aliphatic carbocycles. The third kappa shape index (κ3) is 2.90. The monoisotopic (exact) mass is 351 g/mol. The van der Waals surface area contributed by atoms with Gasteiger partial charge in [0.2, 0.25) is 0 Å². The van der Waals surface area contributed by atoms with Crippen molar-refractivity contribution in [2.45, 2.75) is 0 Å². The van der Waals surface area contributed by atoms with Gasteiger partial charge in [-0.15, -0.1) is 0 Å². The zero-order valence-corrected chi connectivity index (χ0v) is 14.6. The van der Waals surface area contributed by atoms with Crippen LogP contribution >= 0.6 is 0 Å². The van der Waals surface area contributed by atoms with E-state index in [1.54, 1.807) is 18.0 Å². The van der Waals surface area contributed by atoms with Gasteiger partial charge in [0.25, 0.3) is 0 Å². The SMILES string of the molecule is COc1ccccc1N1CCN(c2ncnc(-n3cccn3)c2N)CC1. The first-order chi connectivity index (χ1) is 12.8. The van der Waals surface area contributed by atoms with E-state index in [0.717, 1.165) is 43.4 Å². The van der Waals surface area contributed by atoms with Gasteiger partial charge >= 0.3 is 0 Å². The van der Waals surface area contributed by atoms with Crippen molar-refractivity contribution < 1.29 is 4.74 Å². The van der Waals surface area contributed by atoms with E-state index in [2.05, 4.69) is 30.9 Å². The summed E-state index contributed by atoms with van der Waals surface area (Å²) in [6.07, 6.45) is 5.06. The van der Waals surface area contributed by atoms with Crippen LogP contribution in [0.4, 0.5) is 17.2 Å². The first kappa shape index (κ1) is 16.2. The average Bonchev–Trinajstić information content (AvgIpc) is 3.23. The van der Waals surface area contributed by atoms with Gasteiger partial charge in [-0.25, -0.2) is 14.6 Å². The standard InChI is InChI=1S/C18H21N7O/c1-26-15-6-3-2-5-14(15)23-9-11-24(12-10-23)17-16(19)18(21-13-20-17)25-8-4-7-22-25/h2-8,13H,9-12,19H2,1H3. The predicted octanol–water partition coefficient (Wildman–Crippen LogP) is 1.58. The summed E-state index contributed by atoms with van der Waals surface area (Å²) in [5, 5.41) is 4.21. The summed E-state index contributed by atoms with van der Waals surface area (Å²) in [6, 6.07) is 9.93. The summed E-state index contributed by atoms with van der Waals surface area (Å²) in [4.78, 5) is 13.2. The molecular weight excluding hydrogens is 330 g/mol. The minimum atomic E-state index is 0.543. The first-order valence-electron chi connectivity index (χ1n) is 8.51. The van der Waals surface area contributed by atoms with E-state index in [0.29, 0.717) is 11.5 Å². The molecular formula is C18H21N7O. The number of anilines is 3. The molecule has 0 saturated carbocycles. The third-order valence-electron chi connectivity index (χ3n) is 4.57. The molecule has 0 unspecified atom stereocenters. The van der Waals surface area contributed by atoms with Crippen LogP contribution in [0.2, 0.25) is 0 Å². The minimum absolute atomic E-state index is 0.543. The van der Waals surface area contributed by atoms with Crippen LogP contribution in [0.1, 0.15) is 0 Å². The van der Waals surface area contributed by atoms with Crippen LogP contribution in [0, 0.1) is 0 Å². The second kappa shape index (κ2) is 6.91. The van der Waals surface area contributed by atoms with E-state index in [9.17, 15) is 0 Å². The van der Waals surface area contributed by atoms with Gasteiger partial charge in [-0.1, -0.05) is 12.1 Å². The molecule has 0 amide bonds. The minimum Gasteiger partial charge on any atom is -0.495 e. The molecule has 1 aliphatic rings. The summed E-state index contributed by atoms with van der Waals surface area (Å²) in [5.41, 5.74) is 7.99. The lowest BCUT2D eigenvalue weighted by Gasteiger charge is -2.37. The summed E-state index contributed by atoms with van der Waals surface area (Å²) in [5.74, 6) is 2.25. The highest BCUT2D eigenvalue weighted by Gasteiger charge is 2.23. The normalized spacial score (nSPS) is 14.5. The molecule has 134 valence electrons. The van der Waals surface area contributed by atoms with E-state index in [-0.39, 0.29) is 0 Å². The van der Waals surface area contributed by atoms with Crippen molar-refractivity contribution in [3.05, 3.63) is 49.1 Å². The lowest BCUT2D eigenvalue weighted by molar-refractivity contribution is 0.413. The molecule has 0 atom stereocenters. The highest BCUT2D eigenvalue weighted by molar-refractivity contribution is 5.70. The van der Waals surface area contributed by atoms with Gasteiger partial charge in [-0.3, -0.25) is 0 Å². The second-order valence-corrected chi connectivity index (χ2v) is 6.03. The van der Waals surface area contributed by atoms with Gasteiger partial charge in [0.1, 0.15) is 17.8 Å². The van der Waals surface area contributed by atoms with Gasteiger partial charge < -0.3 is 20.3 Å². The highest BCUT2D eigenvalue weighted by Crippen LogP contribution is 2.30. The molecule has 2 aromatic heterocycles. The van der Waals surface area contributed by atoms with Crippen molar-refractivity contribution in [1.82, 2.24) is 19.7 Å². The number of piperazine rings is 1. The molecule has 26 heavy (non-hydrogen) atoms. The largest absolute Gasteiger partial charge is 0.495 e. The molecule has 1 aliphatic heterocycles.